The van der Waals surface area contributed by atoms with Crippen LogP contribution in [0.25, 0.3) is 27.9 Å². The molecular formula is C20H20F3N7. The van der Waals surface area contributed by atoms with Gasteiger partial charge in [0, 0.05) is 5.56 Å². The summed E-state index contributed by atoms with van der Waals surface area (Å²) in [6.45, 7) is 3.57. The fourth-order valence-corrected chi connectivity index (χ4v) is 3.95. The fourth-order valence-electron chi connectivity index (χ4n) is 3.95. The lowest BCUT2D eigenvalue weighted by atomic mass is 10.1. The fraction of sp³-hybridized carbons (Fsp3) is 0.400. The van der Waals surface area contributed by atoms with Gasteiger partial charge in [0.05, 0.1) is 29.2 Å². The minimum absolute atomic E-state index is 0.0982. The van der Waals surface area contributed by atoms with Crippen molar-refractivity contribution in [2.75, 3.05) is 20.1 Å². The van der Waals surface area contributed by atoms with Crippen molar-refractivity contribution in [3.05, 3.63) is 41.5 Å². The minimum atomic E-state index is -2.73. The van der Waals surface area contributed by atoms with E-state index in [0.717, 1.165) is 25.9 Å². The van der Waals surface area contributed by atoms with E-state index in [1.54, 1.807) is 24.0 Å². The number of aryl methyl sites for hydroxylation is 1. The Kier molecular flexibility index (Phi) is 4.46. The number of hydrogen-bond acceptors (Lipinski definition) is 5. The number of hydrogen-bond donors (Lipinski definition) is 0. The molecule has 1 aromatic carbocycles. The van der Waals surface area contributed by atoms with Gasteiger partial charge in [0.2, 0.25) is 0 Å². The van der Waals surface area contributed by atoms with Crippen LogP contribution in [-0.4, -0.2) is 54.6 Å². The van der Waals surface area contributed by atoms with Crippen LogP contribution in [0.15, 0.2) is 24.4 Å². The Balaban J connectivity index is 1.59. The predicted octanol–water partition coefficient (Wildman–Crippen LogP) is 3.79. The SMILES string of the molecule is Cc1cn2nc(-c3cc(F)c4nn(C5CCN(C)CC5)nc4c3)cc(C(F)F)c2n1. The summed E-state index contributed by atoms with van der Waals surface area (Å²) < 4.78 is 43.3. The molecule has 4 aromatic rings. The van der Waals surface area contributed by atoms with E-state index in [0.29, 0.717) is 16.8 Å². The highest BCUT2D eigenvalue weighted by Crippen LogP contribution is 2.30. The summed E-state index contributed by atoms with van der Waals surface area (Å²) in [6, 6.07) is 4.28. The Hall–Kier alpha value is -3.01. The topological polar surface area (TPSA) is 64.1 Å². The number of likely N-dealkylation sites (tertiary alicyclic amines) is 1. The predicted molar refractivity (Wildman–Crippen MR) is 105 cm³/mol. The second kappa shape index (κ2) is 7.05. The number of aromatic nitrogens is 6. The van der Waals surface area contributed by atoms with Crippen LogP contribution < -0.4 is 0 Å². The smallest absolute Gasteiger partial charge is 0.267 e. The molecule has 0 amide bonds. The van der Waals surface area contributed by atoms with Crippen molar-refractivity contribution in [1.29, 1.82) is 0 Å². The molecular weight excluding hydrogens is 395 g/mol. The van der Waals surface area contributed by atoms with Crippen molar-refractivity contribution in [2.45, 2.75) is 32.2 Å². The molecule has 10 heteroatoms. The monoisotopic (exact) mass is 415 g/mol. The Morgan fingerprint density at radius 1 is 1.07 bits per heavy atom. The van der Waals surface area contributed by atoms with Crippen LogP contribution >= 0.6 is 0 Å². The molecule has 156 valence electrons. The highest BCUT2D eigenvalue weighted by molar-refractivity contribution is 5.81. The number of piperidine rings is 1. The number of fused-ring (bicyclic) bond motifs is 2. The van der Waals surface area contributed by atoms with Crippen molar-refractivity contribution in [1.82, 2.24) is 34.5 Å². The molecule has 0 unspecified atom stereocenters. The van der Waals surface area contributed by atoms with Gasteiger partial charge in [-0.1, -0.05) is 0 Å². The molecule has 1 saturated heterocycles. The zero-order valence-electron chi connectivity index (χ0n) is 16.6. The van der Waals surface area contributed by atoms with Crippen LogP contribution in [0.3, 0.4) is 0 Å². The van der Waals surface area contributed by atoms with E-state index >= 15 is 0 Å². The second-order valence-corrected chi connectivity index (χ2v) is 7.82. The molecule has 1 aliphatic rings. The third kappa shape index (κ3) is 3.20. The van der Waals surface area contributed by atoms with E-state index in [1.165, 1.54) is 16.6 Å². The lowest BCUT2D eigenvalue weighted by Crippen LogP contribution is -2.32. The van der Waals surface area contributed by atoms with Crippen LogP contribution in [0.2, 0.25) is 0 Å². The van der Waals surface area contributed by atoms with Gasteiger partial charge in [0.25, 0.3) is 6.43 Å². The minimum Gasteiger partial charge on any atom is -0.306 e. The second-order valence-electron chi connectivity index (χ2n) is 7.82. The first-order chi connectivity index (χ1) is 14.4. The van der Waals surface area contributed by atoms with Gasteiger partial charge in [-0.25, -0.2) is 22.7 Å². The first-order valence-electron chi connectivity index (χ1n) is 9.79. The van der Waals surface area contributed by atoms with Gasteiger partial charge >= 0.3 is 0 Å². The summed E-state index contributed by atoms with van der Waals surface area (Å²) in [5, 5.41) is 13.2. The molecule has 1 fully saturated rings. The van der Waals surface area contributed by atoms with Crippen LogP contribution in [0, 0.1) is 12.7 Å². The Bertz CT molecular complexity index is 1240. The maximum absolute atomic E-state index is 14.8. The van der Waals surface area contributed by atoms with Crippen molar-refractivity contribution >= 4 is 16.7 Å². The number of benzene rings is 1. The number of nitrogens with zero attached hydrogens (tertiary/aromatic N) is 7. The van der Waals surface area contributed by atoms with Crippen molar-refractivity contribution < 1.29 is 13.2 Å². The maximum Gasteiger partial charge on any atom is 0.267 e. The number of rotatable bonds is 3. The van der Waals surface area contributed by atoms with Crippen LogP contribution in [-0.2, 0) is 0 Å². The van der Waals surface area contributed by atoms with Crippen LogP contribution in [0.5, 0.6) is 0 Å². The molecule has 5 rings (SSSR count). The zero-order chi connectivity index (χ0) is 21.0. The highest BCUT2D eigenvalue weighted by Gasteiger charge is 2.23. The van der Waals surface area contributed by atoms with Gasteiger partial charge in [-0.15, -0.1) is 5.10 Å². The summed E-state index contributed by atoms with van der Waals surface area (Å²) in [4.78, 5) is 7.94. The molecule has 0 N–H and O–H groups in total. The van der Waals surface area contributed by atoms with Crippen molar-refractivity contribution in [3.63, 3.8) is 0 Å². The molecule has 0 aliphatic carbocycles. The largest absolute Gasteiger partial charge is 0.306 e. The average Bonchev–Trinajstić information content (AvgIpc) is 3.30. The molecule has 1 aliphatic heterocycles. The summed E-state index contributed by atoms with van der Waals surface area (Å²) >= 11 is 0. The van der Waals surface area contributed by atoms with Crippen molar-refractivity contribution in [2.24, 2.45) is 0 Å². The molecule has 0 bridgehead atoms. The van der Waals surface area contributed by atoms with Gasteiger partial charge < -0.3 is 4.90 Å². The first kappa shape index (κ1) is 19.0. The Labute approximate surface area is 170 Å². The van der Waals surface area contributed by atoms with Crippen molar-refractivity contribution in [3.8, 4) is 11.3 Å². The van der Waals surface area contributed by atoms with E-state index in [9.17, 15) is 13.2 Å². The Morgan fingerprint density at radius 2 is 1.83 bits per heavy atom. The Morgan fingerprint density at radius 3 is 2.57 bits per heavy atom. The summed E-state index contributed by atoms with van der Waals surface area (Å²) in [7, 11) is 2.06. The lowest BCUT2D eigenvalue weighted by Gasteiger charge is -2.27. The average molecular weight is 415 g/mol. The molecule has 30 heavy (non-hydrogen) atoms. The third-order valence-corrected chi connectivity index (χ3v) is 5.58. The number of imidazole rings is 1. The zero-order valence-corrected chi connectivity index (χ0v) is 16.6. The van der Waals surface area contributed by atoms with E-state index < -0.39 is 12.2 Å². The van der Waals surface area contributed by atoms with E-state index in [2.05, 4.69) is 32.2 Å². The molecule has 0 spiro atoms. The number of halogens is 3. The quantitative estimate of drug-likeness (QED) is 0.509. The number of alkyl halides is 2. The lowest BCUT2D eigenvalue weighted by molar-refractivity contribution is 0.152. The summed E-state index contributed by atoms with van der Waals surface area (Å²) in [5.74, 6) is -0.552. The standard InChI is InChI=1S/C20H20F3N7/c1-11-10-29-20(24-11)14(19(22)23)9-16(25-29)12-7-15(21)18-17(8-12)26-30(27-18)13-3-5-28(2)6-4-13/h7-10,13,19H,3-6H2,1-2H3. The van der Waals surface area contributed by atoms with Gasteiger partial charge in [-0.2, -0.15) is 15.0 Å². The molecule has 4 heterocycles. The third-order valence-electron chi connectivity index (χ3n) is 5.58. The van der Waals surface area contributed by atoms with E-state index in [1.807, 2.05) is 0 Å². The molecule has 0 atom stereocenters. The van der Waals surface area contributed by atoms with Gasteiger partial charge in [0.15, 0.2) is 11.5 Å². The summed E-state index contributed by atoms with van der Waals surface area (Å²) in [5.41, 5.74) is 1.57. The highest BCUT2D eigenvalue weighted by atomic mass is 19.3. The van der Waals surface area contributed by atoms with E-state index in [-0.39, 0.29) is 28.5 Å². The van der Waals surface area contributed by atoms with Gasteiger partial charge in [0.1, 0.15) is 11.0 Å². The van der Waals surface area contributed by atoms with Crippen LogP contribution in [0.4, 0.5) is 13.2 Å². The normalized spacial score (nSPS) is 16.3. The van der Waals surface area contributed by atoms with E-state index in [4.69, 9.17) is 0 Å². The van der Waals surface area contributed by atoms with Crippen LogP contribution in [0.1, 0.15) is 36.6 Å². The molecule has 0 saturated carbocycles. The van der Waals surface area contributed by atoms with Gasteiger partial charge in [-0.05, 0) is 58.1 Å². The molecule has 7 nitrogen and oxygen atoms in total. The maximum atomic E-state index is 14.8. The van der Waals surface area contributed by atoms with Gasteiger partial charge in [-0.3, -0.25) is 0 Å². The molecule has 0 radical (unpaired) electrons. The molecule has 3 aromatic heterocycles. The first-order valence-corrected chi connectivity index (χ1v) is 9.79. The summed E-state index contributed by atoms with van der Waals surface area (Å²) in [6.07, 6.45) is 0.620.